The van der Waals surface area contributed by atoms with E-state index >= 15 is 0 Å². The molecule has 2 N–H and O–H groups in total. The highest BCUT2D eigenvalue weighted by Crippen LogP contribution is 2.24. The van der Waals surface area contributed by atoms with Crippen molar-refractivity contribution in [1.82, 2.24) is 20.1 Å². The standard InChI is InChI=1S/C20H21ClFN5O/c1-13(2)20(14-3-6-16(22)7-4-14)24-10-19(28)26-17-9-15(21)5-8-18(17)27-12-23-11-25-27/h3-9,11-13,20,24H,10H2,1-2H3,(H,26,28)/t20-/m1/s1. The zero-order chi connectivity index (χ0) is 20.1. The number of benzene rings is 2. The molecule has 6 nitrogen and oxygen atoms in total. The quantitative estimate of drug-likeness (QED) is 0.628. The van der Waals surface area contributed by atoms with Crippen molar-refractivity contribution in [2.24, 2.45) is 5.92 Å². The maximum Gasteiger partial charge on any atom is 0.238 e. The Morgan fingerprint density at radius 2 is 1.96 bits per heavy atom. The first-order valence-electron chi connectivity index (χ1n) is 8.87. The molecule has 1 amide bonds. The largest absolute Gasteiger partial charge is 0.323 e. The lowest BCUT2D eigenvalue weighted by Gasteiger charge is -2.23. The van der Waals surface area contributed by atoms with Crippen LogP contribution in [0.25, 0.3) is 5.69 Å². The van der Waals surface area contributed by atoms with Crippen LogP contribution in [0.2, 0.25) is 5.02 Å². The Labute approximate surface area is 167 Å². The molecule has 0 bridgehead atoms. The third-order valence-electron chi connectivity index (χ3n) is 4.28. The van der Waals surface area contributed by atoms with Gasteiger partial charge in [-0.3, -0.25) is 4.79 Å². The number of nitrogens with one attached hydrogen (secondary N) is 2. The number of aromatic nitrogens is 3. The number of carbonyl (C=O) groups excluding carboxylic acids is 1. The summed E-state index contributed by atoms with van der Waals surface area (Å²) in [6.07, 6.45) is 2.96. The third-order valence-corrected chi connectivity index (χ3v) is 4.51. The number of rotatable bonds is 7. The second kappa shape index (κ2) is 8.95. The Morgan fingerprint density at radius 1 is 1.21 bits per heavy atom. The van der Waals surface area contributed by atoms with E-state index in [0.717, 1.165) is 5.56 Å². The van der Waals surface area contributed by atoms with E-state index in [-0.39, 0.29) is 30.2 Å². The van der Waals surface area contributed by atoms with Gasteiger partial charge in [-0.05, 0) is 41.8 Å². The van der Waals surface area contributed by atoms with Crippen LogP contribution in [0, 0.1) is 11.7 Å². The topological polar surface area (TPSA) is 71.8 Å². The van der Waals surface area contributed by atoms with Gasteiger partial charge >= 0.3 is 0 Å². The van der Waals surface area contributed by atoms with Gasteiger partial charge < -0.3 is 10.6 Å². The number of nitrogens with zero attached hydrogens (tertiary/aromatic N) is 3. The summed E-state index contributed by atoms with van der Waals surface area (Å²) in [7, 11) is 0. The summed E-state index contributed by atoms with van der Waals surface area (Å²) in [6.45, 7) is 4.17. The van der Waals surface area contributed by atoms with Gasteiger partial charge in [0.15, 0.2) is 0 Å². The van der Waals surface area contributed by atoms with E-state index in [0.29, 0.717) is 16.4 Å². The van der Waals surface area contributed by atoms with Crippen molar-refractivity contribution in [3.05, 3.63) is 71.5 Å². The van der Waals surface area contributed by atoms with Crippen molar-refractivity contribution in [3.63, 3.8) is 0 Å². The minimum absolute atomic E-state index is 0.0829. The first-order valence-corrected chi connectivity index (χ1v) is 9.25. The summed E-state index contributed by atoms with van der Waals surface area (Å²) in [5.74, 6) is -0.294. The van der Waals surface area contributed by atoms with Crippen molar-refractivity contribution in [3.8, 4) is 5.69 Å². The van der Waals surface area contributed by atoms with Crippen LogP contribution < -0.4 is 10.6 Å². The van der Waals surface area contributed by atoms with Crippen LogP contribution in [0.3, 0.4) is 0 Å². The van der Waals surface area contributed by atoms with Crippen molar-refractivity contribution >= 4 is 23.2 Å². The summed E-state index contributed by atoms with van der Waals surface area (Å²) in [5, 5.41) is 10.7. The SMILES string of the molecule is CC(C)[C@@H](NCC(=O)Nc1cc(Cl)ccc1-n1cncn1)c1ccc(F)cc1. The number of hydrogen-bond acceptors (Lipinski definition) is 4. The molecule has 1 aromatic heterocycles. The van der Waals surface area contributed by atoms with Gasteiger partial charge in [0.25, 0.3) is 0 Å². The number of hydrogen-bond donors (Lipinski definition) is 2. The van der Waals surface area contributed by atoms with Gasteiger partial charge in [-0.1, -0.05) is 37.6 Å². The monoisotopic (exact) mass is 401 g/mol. The molecule has 0 saturated carbocycles. The Bertz CT molecular complexity index is 928. The second-order valence-corrected chi connectivity index (χ2v) is 7.14. The van der Waals surface area contributed by atoms with Gasteiger partial charge in [0.1, 0.15) is 18.5 Å². The summed E-state index contributed by atoms with van der Waals surface area (Å²) in [4.78, 5) is 16.5. The fourth-order valence-corrected chi connectivity index (χ4v) is 3.12. The molecule has 0 spiro atoms. The highest BCUT2D eigenvalue weighted by molar-refractivity contribution is 6.31. The van der Waals surface area contributed by atoms with Gasteiger partial charge in [-0.25, -0.2) is 14.1 Å². The van der Waals surface area contributed by atoms with Gasteiger partial charge in [0, 0.05) is 11.1 Å². The molecule has 0 fully saturated rings. The van der Waals surface area contributed by atoms with E-state index in [1.54, 1.807) is 41.3 Å². The van der Waals surface area contributed by atoms with E-state index in [1.165, 1.54) is 18.5 Å². The smallest absolute Gasteiger partial charge is 0.238 e. The Morgan fingerprint density at radius 3 is 2.61 bits per heavy atom. The molecular formula is C20H21ClFN5O. The highest BCUT2D eigenvalue weighted by Gasteiger charge is 2.17. The van der Waals surface area contributed by atoms with Crippen LogP contribution in [0.15, 0.2) is 55.1 Å². The first kappa shape index (κ1) is 20.0. The summed E-state index contributed by atoms with van der Waals surface area (Å²) >= 11 is 6.08. The molecule has 0 unspecified atom stereocenters. The Balaban J connectivity index is 1.70. The molecule has 8 heteroatoms. The molecule has 1 atom stereocenters. The van der Waals surface area contributed by atoms with Crippen LogP contribution in [-0.2, 0) is 4.79 Å². The molecule has 1 heterocycles. The normalized spacial score (nSPS) is 12.2. The van der Waals surface area contributed by atoms with Crippen molar-refractivity contribution in [2.75, 3.05) is 11.9 Å². The Hall–Kier alpha value is -2.77. The number of anilines is 1. The molecule has 28 heavy (non-hydrogen) atoms. The summed E-state index contributed by atoms with van der Waals surface area (Å²) < 4.78 is 14.7. The first-order chi connectivity index (χ1) is 13.4. The minimum Gasteiger partial charge on any atom is -0.323 e. The predicted molar refractivity (Wildman–Crippen MR) is 107 cm³/mol. The highest BCUT2D eigenvalue weighted by atomic mass is 35.5. The van der Waals surface area contributed by atoms with Crippen LogP contribution in [0.5, 0.6) is 0 Å². The Kier molecular flexibility index (Phi) is 6.38. The molecule has 2 aromatic carbocycles. The lowest BCUT2D eigenvalue weighted by molar-refractivity contribution is -0.115. The van der Waals surface area contributed by atoms with Crippen molar-refractivity contribution in [1.29, 1.82) is 0 Å². The lowest BCUT2D eigenvalue weighted by Crippen LogP contribution is -2.33. The van der Waals surface area contributed by atoms with Gasteiger partial charge in [-0.2, -0.15) is 5.10 Å². The number of halogens is 2. The maximum atomic E-state index is 13.2. The average Bonchev–Trinajstić information content (AvgIpc) is 3.17. The average molecular weight is 402 g/mol. The maximum absolute atomic E-state index is 13.2. The molecule has 3 aromatic rings. The van der Waals surface area contributed by atoms with E-state index in [2.05, 4.69) is 20.7 Å². The van der Waals surface area contributed by atoms with Crippen LogP contribution in [0.1, 0.15) is 25.5 Å². The fraction of sp³-hybridized carbons (Fsp3) is 0.250. The number of carbonyl (C=O) groups is 1. The van der Waals surface area contributed by atoms with Gasteiger partial charge in [0.05, 0.1) is 17.9 Å². The van der Waals surface area contributed by atoms with Crippen molar-refractivity contribution < 1.29 is 9.18 Å². The molecule has 0 aliphatic heterocycles. The molecule has 0 aliphatic rings. The zero-order valence-corrected chi connectivity index (χ0v) is 16.3. The zero-order valence-electron chi connectivity index (χ0n) is 15.6. The third kappa shape index (κ3) is 4.94. The fourth-order valence-electron chi connectivity index (χ4n) is 2.95. The van der Waals surface area contributed by atoms with E-state index in [9.17, 15) is 9.18 Å². The second-order valence-electron chi connectivity index (χ2n) is 6.70. The summed E-state index contributed by atoms with van der Waals surface area (Å²) in [5.41, 5.74) is 2.12. The van der Waals surface area contributed by atoms with Crippen LogP contribution in [0.4, 0.5) is 10.1 Å². The lowest BCUT2D eigenvalue weighted by atomic mass is 9.96. The predicted octanol–water partition coefficient (Wildman–Crippen LogP) is 3.99. The van der Waals surface area contributed by atoms with Gasteiger partial charge in [-0.15, -0.1) is 0 Å². The summed E-state index contributed by atoms with van der Waals surface area (Å²) in [6, 6.07) is 11.4. The molecular weight excluding hydrogens is 381 g/mol. The molecule has 146 valence electrons. The molecule has 0 saturated heterocycles. The van der Waals surface area contributed by atoms with E-state index < -0.39 is 0 Å². The molecule has 3 rings (SSSR count). The van der Waals surface area contributed by atoms with Crippen molar-refractivity contribution in [2.45, 2.75) is 19.9 Å². The minimum atomic E-state index is -0.286. The van der Waals surface area contributed by atoms with Gasteiger partial charge in [0.2, 0.25) is 5.91 Å². The molecule has 0 aliphatic carbocycles. The van der Waals surface area contributed by atoms with Crippen LogP contribution in [-0.4, -0.2) is 27.2 Å². The number of amides is 1. The van der Waals surface area contributed by atoms with E-state index in [1.807, 2.05) is 13.8 Å². The van der Waals surface area contributed by atoms with E-state index in [4.69, 9.17) is 11.6 Å². The molecule has 0 radical (unpaired) electrons. The van der Waals surface area contributed by atoms with Crippen LogP contribution >= 0.6 is 11.6 Å².